The Morgan fingerprint density at radius 2 is 2.10 bits per heavy atom. The van der Waals surface area contributed by atoms with Gasteiger partial charge in [-0.3, -0.25) is 0 Å². The number of nitrogens with one attached hydrogen (secondary N) is 1. The van der Waals surface area contributed by atoms with Crippen LogP contribution in [0.4, 0.5) is 0 Å². The molecule has 3 nitrogen and oxygen atoms in total. The van der Waals surface area contributed by atoms with Gasteiger partial charge in [0.1, 0.15) is 0 Å². The Hall–Kier alpha value is -1.23. The quantitative estimate of drug-likeness (QED) is 0.930. The summed E-state index contributed by atoms with van der Waals surface area (Å²) in [6.07, 6.45) is 0.886. The molecule has 1 aliphatic rings. The lowest BCUT2D eigenvalue weighted by Gasteiger charge is -2.12. The predicted octanol–water partition coefficient (Wildman–Crippen LogP) is 3.85. The van der Waals surface area contributed by atoms with E-state index < -0.39 is 0 Å². The third-order valence-corrected chi connectivity index (χ3v) is 4.23. The SMILES string of the molecule is Clc1cc(CNCc2cccs2)cc2c1OCCCO2. The molecule has 5 heteroatoms. The molecule has 0 bridgehead atoms. The Kier molecular flexibility index (Phi) is 4.45. The number of ether oxygens (including phenoxy) is 2. The molecule has 0 atom stereocenters. The zero-order valence-electron chi connectivity index (χ0n) is 11.0. The van der Waals surface area contributed by atoms with Crippen molar-refractivity contribution in [3.63, 3.8) is 0 Å². The molecule has 0 fully saturated rings. The van der Waals surface area contributed by atoms with Crippen LogP contribution in [0.5, 0.6) is 11.5 Å². The van der Waals surface area contributed by atoms with Gasteiger partial charge < -0.3 is 14.8 Å². The number of halogens is 1. The van der Waals surface area contributed by atoms with Crippen LogP contribution in [0, 0.1) is 0 Å². The minimum absolute atomic E-state index is 0.623. The second kappa shape index (κ2) is 6.48. The molecule has 106 valence electrons. The Bertz CT molecular complexity index is 572. The van der Waals surface area contributed by atoms with Crippen LogP contribution in [0.15, 0.2) is 29.6 Å². The van der Waals surface area contributed by atoms with E-state index in [1.54, 1.807) is 11.3 Å². The summed E-state index contributed by atoms with van der Waals surface area (Å²) >= 11 is 8.02. The third-order valence-electron chi connectivity index (χ3n) is 3.07. The van der Waals surface area contributed by atoms with Gasteiger partial charge in [-0.25, -0.2) is 0 Å². The van der Waals surface area contributed by atoms with Crippen LogP contribution in [0.1, 0.15) is 16.9 Å². The van der Waals surface area contributed by atoms with Crippen molar-refractivity contribution in [2.24, 2.45) is 0 Å². The minimum Gasteiger partial charge on any atom is -0.489 e. The summed E-state index contributed by atoms with van der Waals surface area (Å²) in [6.45, 7) is 2.95. The maximum atomic E-state index is 6.27. The van der Waals surface area contributed by atoms with Gasteiger partial charge >= 0.3 is 0 Å². The zero-order valence-corrected chi connectivity index (χ0v) is 12.6. The van der Waals surface area contributed by atoms with Crippen molar-refractivity contribution in [2.75, 3.05) is 13.2 Å². The Morgan fingerprint density at radius 1 is 1.20 bits per heavy atom. The molecule has 1 aromatic heterocycles. The lowest BCUT2D eigenvalue weighted by Crippen LogP contribution is -2.12. The molecular weight excluding hydrogens is 294 g/mol. The van der Waals surface area contributed by atoms with E-state index in [1.807, 2.05) is 12.1 Å². The summed E-state index contributed by atoms with van der Waals surface area (Å²) in [5.41, 5.74) is 1.11. The number of hydrogen-bond donors (Lipinski definition) is 1. The average molecular weight is 310 g/mol. The minimum atomic E-state index is 0.623. The number of rotatable bonds is 4. The molecule has 1 aromatic carbocycles. The normalized spacial score (nSPS) is 14.1. The highest BCUT2D eigenvalue weighted by Crippen LogP contribution is 2.37. The molecule has 1 N–H and O–H groups in total. The summed E-state index contributed by atoms with van der Waals surface area (Å²) < 4.78 is 11.3. The predicted molar refractivity (Wildman–Crippen MR) is 81.9 cm³/mol. The molecule has 0 spiro atoms. The lowest BCUT2D eigenvalue weighted by molar-refractivity contribution is 0.297. The van der Waals surface area contributed by atoms with Crippen molar-refractivity contribution < 1.29 is 9.47 Å². The number of fused-ring (bicyclic) bond motifs is 1. The van der Waals surface area contributed by atoms with Crippen LogP contribution >= 0.6 is 22.9 Å². The van der Waals surface area contributed by atoms with Crippen molar-refractivity contribution in [2.45, 2.75) is 19.5 Å². The lowest BCUT2D eigenvalue weighted by atomic mass is 10.2. The molecule has 0 saturated carbocycles. The molecular formula is C15H16ClNO2S. The Balaban J connectivity index is 1.67. The highest BCUT2D eigenvalue weighted by atomic mass is 35.5. The van der Waals surface area contributed by atoms with E-state index in [9.17, 15) is 0 Å². The van der Waals surface area contributed by atoms with Crippen molar-refractivity contribution in [1.29, 1.82) is 0 Å². The number of thiophene rings is 1. The van der Waals surface area contributed by atoms with Gasteiger partial charge in [0.05, 0.1) is 18.2 Å². The highest BCUT2D eigenvalue weighted by Gasteiger charge is 2.15. The smallest absolute Gasteiger partial charge is 0.179 e. The average Bonchev–Trinajstić information content (AvgIpc) is 2.83. The third kappa shape index (κ3) is 3.26. The monoisotopic (exact) mass is 309 g/mol. The van der Waals surface area contributed by atoms with Crippen molar-refractivity contribution >= 4 is 22.9 Å². The maximum absolute atomic E-state index is 6.27. The first-order valence-corrected chi connectivity index (χ1v) is 7.90. The second-order valence-electron chi connectivity index (χ2n) is 4.64. The summed E-state index contributed by atoms with van der Waals surface area (Å²) in [4.78, 5) is 1.32. The van der Waals surface area contributed by atoms with Gasteiger partial charge in [0.25, 0.3) is 0 Å². The first-order valence-electron chi connectivity index (χ1n) is 6.64. The van der Waals surface area contributed by atoms with Crippen LogP contribution in [0.3, 0.4) is 0 Å². The van der Waals surface area contributed by atoms with E-state index in [1.165, 1.54) is 4.88 Å². The number of hydrogen-bond acceptors (Lipinski definition) is 4. The maximum Gasteiger partial charge on any atom is 0.179 e. The molecule has 0 radical (unpaired) electrons. The molecule has 20 heavy (non-hydrogen) atoms. The molecule has 1 aliphatic heterocycles. The molecule has 2 heterocycles. The van der Waals surface area contributed by atoms with Gasteiger partial charge in [0.15, 0.2) is 11.5 Å². The fourth-order valence-corrected chi connectivity index (χ4v) is 3.09. The summed E-state index contributed by atoms with van der Waals surface area (Å²) in [5, 5.41) is 6.12. The van der Waals surface area contributed by atoms with E-state index in [4.69, 9.17) is 21.1 Å². The van der Waals surface area contributed by atoms with Gasteiger partial charge in [-0.05, 0) is 29.1 Å². The Morgan fingerprint density at radius 3 is 2.95 bits per heavy atom. The fraction of sp³-hybridized carbons (Fsp3) is 0.333. The first-order chi connectivity index (χ1) is 9.83. The molecule has 0 saturated heterocycles. The van der Waals surface area contributed by atoms with E-state index >= 15 is 0 Å². The molecule has 3 rings (SSSR count). The van der Waals surface area contributed by atoms with E-state index in [0.717, 1.165) is 30.8 Å². The summed E-state index contributed by atoms with van der Waals surface area (Å²) in [7, 11) is 0. The van der Waals surface area contributed by atoms with Crippen LogP contribution in [0.25, 0.3) is 0 Å². The first kappa shape index (κ1) is 13.7. The van der Waals surface area contributed by atoms with Crippen LogP contribution < -0.4 is 14.8 Å². The van der Waals surface area contributed by atoms with Crippen molar-refractivity contribution in [3.05, 3.63) is 45.1 Å². The van der Waals surface area contributed by atoms with Gasteiger partial charge in [0, 0.05) is 24.4 Å². The zero-order chi connectivity index (χ0) is 13.8. The topological polar surface area (TPSA) is 30.5 Å². The fourth-order valence-electron chi connectivity index (χ4n) is 2.13. The number of benzene rings is 1. The highest BCUT2D eigenvalue weighted by molar-refractivity contribution is 7.09. The summed E-state index contributed by atoms with van der Waals surface area (Å²) in [6, 6.07) is 8.13. The van der Waals surface area contributed by atoms with Crippen LogP contribution in [-0.2, 0) is 13.1 Å². The van der Waals surface area contributed by atoms with Crippen LogP contribution in [0.2, 0.25) is 5.02 Å². The second-order valence-corrected chi connectivity index (χ2v) is 6.08. The van der Waals surface area contributed by atoms with Crippen LogP contribution in [-0.4, -0.2) is 13.2 Å². The molecule has 0 amide bonds. The van der Waals surface area contributed by atoms with Gasteiger partial charge in [-0.2, -0.15) is 0 Å². The van der Waals surface area contributed by atoms with Gasteiger partial charge in [0.2, 0.25) is 0 Å². The molecule has 2 aromatic rings. The molecule has 0 aliphatic carbocycles. The summed E-state index contributed by atoms with van der Waals surface area (Å²) in [5.74, 6) is 1.43. The Labute approximate surface area is 127 Å². The van der Waals surface area contributed by atoms with E-state index in [-0.39, 0.29) is 0 Å². The van der Waals surface area contributed by atoms with Crippen molar-refractivity contribution in [3.8, 4) is 11.5 Å². The van der Waals surface area contributed by atoms with Gasteiger partial charge in [-0.1, -0.05) is 17.7 Å². The standard InChI is InChI=1S/C15H16ClNO2S/c16-13-7-11(9-17-10-12-3-1-6-20-12)8-14-15(13)19-5-2-4-18-14/h1,3,6-8,17H,2,4-5,9-10H2. The van der Waals surface area contributed by atoms with Gasteiger partial charge in [-0.15, -0.1) is 11.3 Å². The molecule has 0 unspecified atom stereocenters. The van der Waals surface area contributed by atoms with Crippen molar-refractivity contribution in [1.82, 2.24) is 5.32 Å². The van der Waals surface area contributed by atoms with E-state index in [2.05, 4.69) is 22.8 Å². The van der Waals surface area contributed by atoms with E-state index in [0.29, 0.717) is 24.0 Å². The largest absolute Gasteiger partial charge is 0.489 e.